The van der Waals surface area contributed by atoms with Gasteiger partial charge in [-0.15, -0.1) is 11.3 Å². The van der Waals surface area contributed by atoms with Crippen molar-refractivity contribution in [3.05, 3.63) is 57.3 Å². The van der Waals surface area contributed by atoms with Gasteiger partial charge < -0.3 is 9.80 Å². The Morgan fingerprint density at radius 1 is 1.03 bits per heavy atom. The van der Waals surface area contributed by atoms with Gasteiger partial charge in [-0.25, -0.2) is 0 Å². The SMILES string of the molecule is CCCC(=O)N1CCCN(C(=O)[C@@H](C)N2CCc3sccc3[C@H]2c2ccccc2C)CC1. The van der Waals surface area contributed by atoms with Crippen molar-refractivity contribution in [3.8, 4) is 0 Å². The van der Waals surface area contributed by atoms with Gasteiger partial charge in [0.2, 0.25) is 11.8 Å². The van der Waals surface area contributed by atoms with Gasteiger partial charge in [0.25, 0.3) is 0 Å². The molecule has 0 saturated carbocycles. The molecule has 0 aliphatic carbocycles. The number of hydrogen-bond donors (Lipinski definition) is 0. The first-order valence-corrected chi connectivity index (χ1v) is 12.8. The number of aryl methyl sites for hydroxylation is 1. The molecular weight excluding hydrogens is 418 g/mol. The normalized spacial score (nSPS) is 20.5. The maximum atomic E-state index is 13.6. The van der Waals surface area contributed by atoms with Crippen LogP contribution in [0.3, 0.4) is 0 Å². The molecule has 1 aromatic carbocycles. The van der Waals surface area contributed by atoms with E-state index in [1.807, 2.05) is 28.1 Å². The fourth-order valence-corrected chi connectivity index (χ4v) is 6.06. The van der Waals surface area contributed by atoms with E-state index in [0.717, 1.165) is 38.9 Å². The van der Waals surface area contributed by atoms with Crippen molar-refractivity contribution < 1.29 is 9.59 Å². The molecule has 0 unspecified atom stereocenters. The minimum Gasteiger partial charge on any atom is -0.341 e. The first kappa shape index (κ1) is 23.0. The Balaban J connectivity index is 1.54. The first-order valence-electron chi connectivity index (χ1n) is 11.9. The predicted molar refractivity (Wildman–Crippen MR) is 130 cm³/mol. The van der Waals surface area contributed by atoms with Crippen molar-refractivity contribution in [1.29, 1.82) is 0 Å². The molecule has 0 N–H and O–H groups in total. The van der Waals surface area contributed by atoms with E-state index in [0.29, 0.717) is 19.5 Å². The summed E-state index contributed by atoms with van der Waals surface area (Å²) < 4.78 is 0. The van der Waals surface area contributed by atoms with E-state index in [1.54, 1.807) is 0 Å². The molecule has 3 heterocycles. The topological polar surface area (TPSA) is 43.9 Å². The van der Waals surface area contributed by atoms with Crippen LogP contribution in [-0.4, -0.2) is 65.3 Å². The Morgan fingerprint density at radius 3 is 2.56 bits per heavy atom. The van der Waals surface area contributed by atoms with Crippen molar-refractivity contribution >= 4 is 23.2 Å². The van der Waals surface area contributed by atoms with Gasteiger partial charge >= 0.3 is 0 Å². The van der Waals surface area contributed by atoms with Crippen LogP contribution in [0.15, 0.2) is 35.7 Å². The third kappa shape index (κ3) is 4.62. The summed E-state index contributed by atoms with van der Waals surface area (Å²) in [5.74, 6) is 0.405. The van der Waals surface area contributed by atoms with Crippen LogP contribution in [0.2, 0.25) is 0 Å². The molecule has 2 aliphatic heterocycles. The number of carbonyl (C=O) groups excluding carboxylic acids is 2. The predicted octanol–water partition coefficient (Wildman–Crippen LogP) is 4.25. The fraction of sp³-hybridized carbons (Fsp3) is 0.538. The van der Waals surface area contributed by atoms with Gasteiger partial charge in [0, 0.05) is 44.0 Å². The van der Waals surface area contributed by atoms with Crippen LogP contribution in [0.5, 0.6) is 0 Å². The van der Waals surface area contributed by atoms with E-state index < -0.39 is 0 Å². The Labute approximate surface area is 196 Å². The minimum atomic E-state index is -0.203. The van der Waals surface area contributed by atoms with E-state index in [2.05, 4.69) is 54.5 Å². The van der Waals surface area contributed by atoms with Gasteiger partial charge in [0.05, 0.1) is 12.1 Å². The molecule has 4 rings (SSSR count). The highest BCUT2D eigenvalue weighted by Gasteiger charge is 2.37. The fourth-order valence-electron chi connectivity index (χ4n) is 5.16. The highest BCUT2D eigenvalue weighted by Crippen LogP contribution is 2.40. The van der Waals surface area contributed by atoms with Gasteiger partial charge in [-0.05, 0) is 61.2 Å². The van der Waals surface area contributed by atoms with Crippen LogP contribution >= 0.6 is 11.3 Å². The summed E-state index contributed by atoms with van der Waals surface area (Å²) in [5.41, 5.74) is 3.90. The van der Waals surface area contributed by atoms with Crippen LogP contribution in [0.1, 0.15) is 60.7 Å². The molecule has 1 fully saturated rings. The van der Waals surface area contributed by atoms with Crippen molar-refractivity contribution in [2.45, 2.75) is 58.5 Å². The Kier molecular flexibility index (Phi) is 7.31. The molecule has 172 valence electrons. The van der Waals surface area contributed by atoms with Gasteiger partial charge in [-0.2, -0.15) is 0 Å². The molecular formula is C26H35N3O2S. The molecule has 0 radical (unpaired) electrons. The first-order chi connectivity index (χ1) is 15.5. The van der Waals surface area contributed by atoms with E-state index in [4.69, 9.17) is 0 Å². The molecule has 2 amide bonds. The molecule has 2 atom stereocenters. The summed E-state index contributed by atoms with van der Waals surface area (Å²) in [6.45, 7) is 9.91. The number of nitrogens with zero attached hydrogens (tertiary/aromatic N) is 3. The summed E-state index contributed by atoms with van der Waals surface area (Å²) in [4.78, 5) is 33.8. The Morgan fingerprint density at radius 2 is 1.78 bits per heavy atom. The number of benzene rings is 1. The number of carbonyl (C=O) groups is 2. The summed E-state index contributed by atoms with van der Waals surface area (Å²) in [5, 5.41) is 2.18. The average molecular weight is 454 g/mol. The maximum Gasteiger partial charge on any atom is 0.239 e. The zero-order valence-electron chi connectivity index (χ0n) is 19.5. The molecule has 1 saturated heterocycles. The average Bonchev–Trinajstić information content (AvgIpc) is 3.14. The van der Waals surface area contributed by atoms with Crippen molar-refractivity contribution in [2.24, 2.45) is 0 Å². The lowest BCUT2D eigenvalue weighted by molar-refractivity contribution is -0.138. The Bertz CT molecular complexity index is 956. The summed E-state index contributed by atoms with van der Waals surface area (Å²) in [7, 11) is 0. The molecule has 0 bridgehead atoms. The quantitative estimate of drug-likeness (QED) is 0.680. The minimum absolute atomic E-state index is 0.111. The van der Waals surface area contributed by atoms with E-state index >= 15 is 0 Å². The lowest BCUT2D eigenvalue weighted by Crippen LogP contribution is -2.51. The number of thiophene rings is 1. The zero-order valence-corrected chi connectivity index (χ0v) is 20.4. The lowest BCUT2D eigenvalue weighted by Gasteiger charge is -2.41. The molecule has 2 aliphatic rings. The Hall–Kier alpha value is -2.18. The number of fused-ring (bicyclic) bond motifs is 1. The number of amides is 2. The second kappa shape index (κ2) is 10.2. The summed E-state index contributed by atoms with van der Waals surface area (Å²) >= 11 is 1.83. The molecule has 32 heavy (non-hydrogen) atoms. The molecule has 1 aromatic heterocycles. The van der Waals surface area contributed by atoms with Gasteiger partial charge in [0.15, 0.2) is 0 Å². The molecule has 6 heteroatoms. The van der Waals surface area contributed by atoms with Crippen molar-refractivity contribution in [3.63, 3.8) is 0 Å². The van der Waals surface area contributed by atoms with Gasteiger partial charge in [-0.3, -0.25) is 14.5 Å². The number of rotatable bonds is 5. The van der Waals surface area contributed by atoms with Crippen LogP contribution < -0.4 is 0 Å². The van der Waals surface area contributed by atoms with Crippen molar-refractivity contribution in [1.82, 2.24) is 14.7 Å². The van der Waals surface area contributed by atoms with Crippen LogP contribution in [0.25, 0.3) is 0 Å². The summed E-state index contributed by atoms with van der Waals surface area (Å²) in [6.07, 6.45) is 3.31. The third-order valence-electron chi connectivity index (χ3n) is 6.97. The van der Waals surface area contributed by atoms with Gasteiger partial charge in [0.1, 0.15) is 0 Å². The standard InChI is InChI=1S/C26H35N3O2S/c1-4-8-24(30)27-13-7-14-28(17-16-27)26(31)20(3)29-15-11-23-22(12-18-32-23)25(29)21-10-6-5-9-19(21)2/h5-6,9-10,12,18,20,25H,4,7-8,11,13-17H2,1-3H3/t20-,25-/m1/s1. The molecule has 2 aromatic rings. The van der Waals surface area contributed by atoms with Crippen molar-refractivity contribution in [2.75, 3.05) is 32.7 Å². The zero-order chi connectivity index (χ0) is 22.7. The second-order valence-corrected chi connectivity index (χ2v) is 10.0. The van der Waals surface area contributed by atoms with Crippen LogP contribution in [0, 0.1) is 6.92 Å². The highest BCUT2D eigenvalue weighted by atomic mass is 32.1. The smallest absolute Gasteiger partial charge is 0.239 e. The molecule has 5 nitrogen and oxygen atoms in total. The monoisotopic (exact) mass is 453 g/mol. The van der Waals surface area contributed by atoms with E-state index in [1.165, 1.54) is 21.6 Å². The van der Waals surface area contributed by atoms with E-state index in [-0.39, 0.29) is 23.9 Å². The second-order valence-electron chi connectivity index (χ2n) is 9.03. The largest absolute Gasteiger partial charge is 0.341 e. The highest BCUT2D eigenvalue weighted by molar-refractivity contribution is 7.10. The third-order valence-corrected chi connectivity index (χ3v) is 7.96. The van der Waals surface area contributed by atoms with Crippen LogP contribution in [0.4, 0.5) is 0 Å². The van der Waals surface area contributed by atoms with E-state index in [9.17, 15) is 9.59 Å². The van der Waals surface area contributed by atoms with Gasteiger partial charge in [-0.1, -0.05) is 31.2 Å². The van der Waals surface area contributed by atoms with Crippen LogP contribution in [-0.2, 0) is 16.0 Å². The maximum absolute atomic E-state index is 13.6. The number of hydrogen-bond acceptors (Lipinski definition) is 4. The molecule has 0 spiro atoms. The summed E-state index contributed by atoms with van der Waals surface area (Å²) in [6, 6.07) is 10.7. The lowest BCUT2D eigenvalue weighted by atomic mass is 9.89.